The number of rotatable bonds is 10. The van der Waals surface area contributed by atoms with E-state index in [0.29, 0.717) is 19.6 Å². The number of ether oxygens (including phenoxy) is 2. The molecule has 0 spiro atoms. The lowest BCUT2D eigenvalue weighted by atomic mass is 10.1. The highest BCUT2D eigenvalue weighted by atomic mass is 16.6. The Balaban J connectivity index is 2.01. The fraction of sp³-hybridized carbons (Fsp3) is 0.600. The molecule has 1 amide bonds. The summed E-state index contributed by atoms with van der Waals surface area (Å²) in [5.74, 6) is -0.350. The highest BCUT2D eigenvalue weighted by Gasteiger charge is 2.46. The Morgan fingerprint density at radius 1 is 1.12 bits per heavy atom. The van der Waals surface area contributed by atoms with Gasteiger partial charge in [0.05, 0.1) is 13.2 Å². The van der Waals surface area contributed by atoms with Gasteiger partial charge in [0.2, 0.25) is 0 Å². The van der Waals surface area contributed by atoms with Gasteiger partial charge in [-0.3, -0.25) is 4.90 Å². The molecule has 0 saturated carbocycles. The molecular weight excluding hydrogens is 318 g/mol. The Kier molecular flexibility index (Phi) is 7.76. The Labute approximate surface area is 150 Å². The minimum atomic E-state index is -0.654. The second-order valence-electron chi connectivity index (χ2n) is 6.50. The zero-order chi connectivity index (χ0) is 18.1. The minimum absolute atomic E-state index is 0.350. The van der Waals surface area contributed by atoms with Crippen LogP contribution in [-0.4, -0.2) is 35.7 Å². The fourth-order valence-corrected chi connectivity index (χ4v) is 3.09. The molecule has 0 aromatic heterocycles. The van der Waals surface area contributed by atoms with Crippen molar-refractivity contribution in [3.05, 3.63) is 35.9 Å². The number of benzene rings is 1. The quantitative estimate of drug-likeness (QED) is 0.468. The van der Waals surface area contributed by atoms with Gasteiger partial charge in [-0.2, -0.15) is 0 Å². The predicted molar refractivity (Wildman–Crippen MR) is 96.1 cm³/mol. The van der Waals surface area contributed by atoms with E-state index in [0.717, 1.165) is 37.7 Å². The average molecular weight is 347 g/mol. The van der Waals surface area contributed by atoms with Crippen LogP contribution < -0.4 is 0 Å². The van der Waals surface area contributed by atoms with Crippen molar-refractivity contribution in [2.45, 2.75) is 71.1 Å². The summed E-state index contributed by atoms with van der Waals surface area (Å²) in [6.07, 6.45) is 4.83. The van der Waals surface area contributed by atoms with Crippen LogP contribution in [0.25, 0.3) is 0 Å². The van der Waals surface area contributed by atoms with E-state index >= 15 is 0 Å². The van der Waals surface area contributed by atoms with Crippen LogP contribution in [0.1, 0.15) is 57.9 Å². The molecular formula is C20H29NO4. The second-order valence-corrected chi connectivity index (χ2v) is 6.50. The van der Waals surface area contributed by atoms with Crippen molar-refractivity contribution in [3.63, 3.8) is 0 Å². The summed E-state index contributed by atoms with van der Waals surface area (Å²) < 4.78 is 10.9. The van der Waals surface area contributed by atoms with Gasteiger partial charge >= 0.3 is 12.1 Å². The number of carbonyl (C=O) groups excluding carboxylic acids is 2. The van der Waals surface area contributed by atoms with Crippen molar-refractivity contribution in [1.29, 1.82) is 0 Å². The lowest BCUT2D eigenvalue weighted by Crippen LogP contribution is -2.43. The third kappa shape index (κ3) is 5.48. The molecule has 25 heavy (non-hydrogen) atoms. The standard InChI is InChI=1S/C20H29NO4/c1-3-5-6-10-14-24-19(22)18-17(11-4-2)25-20(23)21(18)15-16-12-8-7-9-13-16/h7-9,12-13,17-18H,3-6,10-11,14-15H2,1-2H3/t17-,18+/m0/s1. The van der Waals surface area contributed by atoms with Crippen LogP contribution in [0.4, 0.5) is 4.79 Å². The fourth-order valence-electron chi connectivity index (χ4n) is 3.09. The van der Waals surface area contributed by atoms with Crippen LogP contribution in [0, 0.1) is 0 Å². The second kappa shape index (κ2) is 10.1. The topological polar surface area (TPSA) is 55.8 Å². The molecule has 2 rings (SSSR count). The molecule has 138 valence electrons. The Morgan fingerprint density at radius 3 is 2.56 bits per heavy atom. The first-order valence-electron chi connectivity index (χ1n) is 9.35. The number of carbonyl (C=O) groups is 2. The normalized spacial score (nSPS) is 19.8. The highest BCUT2D eigenvalue weighted by Crippen LogP contribution is 2.26. The molecule has 0 unspecified atom stereocenters. The molecule has 1 aliphatic heterocycles. The molecule has 0 radical (unpaired) electrons. The van der Waals surface area contributed by atoms with Gasteiger partial charge in [0.25, 0.3) is 0 Å². The van der Waals surface area contributed by atoms with E-state index in [1.54, 1.807) is 0 Å². The maximum Gasteiger partial charge on any atom is 0.411 e. The van der Waals surface area contributed by atoms with Gasteiger partial charge < -0.3 is 9.47 Å². The van der Waals surface area contributed by atoms with Crippen LogP contribution in [0.5, 0.6) is 0 Å². The molecule has 5 nitrogen and oxygen atoms in total. The van der Waals surface area contributed by atoms with Crippen molar-refractivity contribution in [2.75, 3.05) is 6.61 Å². The number of unbranched alkanes of at least 4 members (excludes halogenated alkanes) is 3. The number of cyclic esters (lactones) is 1. The van der Waals surface area contributed by atoms with E-state index in [4.69, 9.17) is 9.47 Å². The van der Waals surface area contributed by atoms with Gasteiger partial charge in [0.1, 0.15) is 6.10 Å². The summed E-state index contributed by atoms with van der Waals surface area (Å²) in [5, 5.41) is 0. The van der Waals surface area contributed by atoms with E-state index in [1.807, 2.05) is 37.3 Å². The molecule has 1 fully saturated rings. The zero-order valence-corrected chi connectivity index (χ0v) is 15.3. The van der Waals surface area contributed by atoms with Crippen molar-refractivity contribution in [2.24, 2.45) is 0 Å². The summed E-state index contributed by atoms with van der Waals surface area (Å²) in [6, 6.07) is 8.98. The summed E-state index contributed by atoms with van der Waals surface area (Å²) in [7, 11) is 0. The first-order valence-corrected chi connectivity index (χ1v) is 9.35. The molecule has 0 aliphatic carbocycles. The molecule has 1 aliphatic rings. The van der Waals surface area contributed by atoms with Gasteiger partial charge in [0.15, 0.2) is 6.04 Å². The lowest BCUT2D eigenvalue weighted by molar-refractivity contribution is -0.150. The largest absolute Gasteiger partial charge is 0.464 e. The van der Waals surface area contributed by atoms with Crippen molar-refractivity contribution < 1.29 is 19.1 Å². The van der Waals surface area contributed by atoms with E-state index in [9.17, 15) is 9.59 Å². The summed E-state index contributed by atoms with van der Waals surface area (Å²) in [4.78, 5) is 26.4. The molecule has 1 heterocycles. The molecule has 5 heteroatoms. The number of hydrogen-bond donors (Lipinski definition) is 0. The van der Waals surface area contributed by atoms with E-state index in [2.05, 4.69) is 6.92 Å². The Morgan fingerprint density at radius 2 is 1.88 bits per heavy atom. The maximum absolute atomic E-state index is 12.6. The molecule has 0 N–H and O–H groups in total. The summed E-state index contributed by atoms with van der Waals surface area (Å²) >= 11 is 0. The van der Waals surface area contributed by atoms with Crippen LogP contribution in [0.2, 0.25) is 0 Å². The number of hydrogen-bond acceptors (Lipinski definition) is 4. The van der Waals surface area contributed by atoms with Gasteiger partial charge in [-0.1, -0.05) is 69.9 Å². The van der Waals surface area contributed by atoms with Crippen LogP contribution in [-0.2, 0) is 20.8 Å². The average Bonchev–Trinajstić information content (AvgIpc) is 2.91. The number of nitrogens with zero attached hydrogens (tertiary/aromatic N) is 1. The molecule has 1 aromatic rings. The van der Waals surface area contributed by atoms with Gasteiger partial charge in [-0.25, -0.2) is 9.59 Å². The molecule has 0 bridgehead atoms. The molecule has 2 atom stereocenters. The smallest absolute Gasteiger partial charge is 0.411 e. The Bertz CT molecular complexity index is 546. The number of esters is 1. The first-order chi connectivity index (χ1) is 12.2. The lowest BCUT2D eigenvalue weighted by Gasteiger charge is -2.23. The SMILES string of the molecule is CCCCCCOC(=O)[C@H]1[C@H](CCC)OC(=O)N1Cc1ccccc1. The zero-order valence-electron chi connectivity index (χ0n) is 15.3. The predicted octanol–water partition coefficient (Wildman–Crippen LogP) is 4.30. The van der Waals surface area contributed by atoms with Crippen LogP contribution in [0.15, 0.2) is 30.3 Å². The van der Waals surface area contributed by atoms with Crippen molar-refractivity contribution in [1.82, 2.24) is 4.90 Å². The van der Waals surface area contributed by atoms with Gasteiger partial charge in [0, 0.05) is 0 Å². The molecule has 1 saturated heterocycles. The highest BCUT2D eigenvalue weighted by molar-refractivity contribution is 5.85. The van der Waals surface area contributed by atoms with E-state index in [-0.39, 0.29) is 5.97 Å². The minimum Gasteiger partial charge on any atom is -0.464 e. The van der Waals surface area contributed by atoms with Crippen molar-refractivity contribution in [3.8, 4) is 0 Å². The van der Waals surface area contributed by atoms with Gasteiger partial charge in [-0.05, 0) is 18.4 Å². The van der Waals surface area contributed by atoms with E-state index in [1.165, 1.54) is 4.90 Å². The third-order valence-electron chi connectivity index (χ3n) is 4.43. The first kappa shape index (κ1) is 19.3. The maximum atomic E-state index is 12.6. The Hall–Kier alpha value is -2.04. The van der Waals surface area contributed by atoms with Gasteiger partial charge in [-0.15, -0.1) is 0 Å². The molecule has 1 aromatic carbocycles. The van der Waals surface area contributed by atoms with Crippen molar-refractivity contribution >= 4 is 12.1 Å². The van der Waals surface area contributed by atoms with E-state index < -0.39 is 18.2 Å². The van der Waals surface area contributed by atoms with Crippen LogP contribution in [0.3, 0.4) is 0 Å². The van der Waals surface area contributed by atoms with Crippen LogP contribution >= 0.6 is 0 Å². The number of amides is 1. The summed E-state index contributed by atoms with van der Waals surface area (Å²) in [6.45, 7) is 4.92. The third-order valence-corrected chi connectivity index (χ3v) is 4.43. The summed E-state index contributed by atoms with van der Waals surface area (Å²) in [5.41, 5.74) is 0.970. The monoisotopic (exact) mass is 347 g/mol.